The van der Waals surface area contributed by atoms with E-state index in [1.165, 1.54) is 83.5 Å². The van der Waals surface area contributed by atoms with Gasteiger partial charge in [-0.15, -0.1) is 0 Å². The molecule has 0 aliphatic rings. The second kappa shape index (κ2) is 36.9. The Bertz CT molecular complexity index is 1020. The Labute approximate surface area is 331 Å². The number of quaternary nitrogens is 1. The van der Waals surface area contributed by atoms with Crippen LogP contribution in [-0.4, -0.2) is 80.2 Å². The number of carbonyl (C=O) groups excluding carboxylic acids is 1. The maximum absolute atomic E-state index is 12.7. The zero-order chi connectivity index (χ0) is 40.0. The summed E-state index contributed by atoms with van der Waals surface area (Å²) in [5, 5.41) is 9.88. The third kappa shape index (κ3) is 39.9. The number of rotatable bonds is 39. The number of allylic oxidation sites excluding steroid dienone is 5. The highest BCUT2D eigenvalue weighted by Crippen LogP contribution is 2.43. The number of nitrogens with zero attached hydrogens (tertiary/aromatic N) is 1. The van der Waals surface area contributed by atoms with Crippen LogP contribution in [0.4, 0.5) is 0 Å². The average Bonchev–Trinajstić information content (AvgIpc) is 3.11. The largest absolute Gasteiger partial charge is 0.498 e. The molecular formula is C44H83NO8P+. The van der Waals surface area contributed by atoms with Gasteiger partial charge in [-0.2, -0.15) is 0 Å². The van der Waals surface area contributed by atoms with Crippen molar-refractivity contribution in [1.82, 2.24) is 0 Å². The lowest BCUT2D eigenvalue weighted by molar-refractivity contribution is -0.870. The van der Waals surface area contributed by atoms with Crippen molar-refractivity contribution in [3.63, 3.8) is 0 Å². The van der Waals surface area contributed by atoms with Gasteiger partial charge in [0.05, 0.1) is 40.1 Å². The Morgan fingerprint density at radius 2 is 1.24 bits per heavy atom. The van der Waals surface area contributed by atoms with Gasteiger partial charge < -0.3 is 24.0 Å². The SMILES string of the molecule is CC/C=C/CC(O)/C=C/C=C/CCCCCCCC(=O)O[C@H](CO/C=C/CCCCCCCCCCCCCCCC)COP(=O)(O)OCC[N+](C)(C)C. The molecule has 0 rings (SSSR count). The van der Waals surface area contributed by atoms with Crippen molar-refractivity contribution < 1.29 is 42.4 Å². The number of phosphoric acid groups is 1. The quantitative estimate of drug-likeness (QED) is 0.0121. The van der Waals surface area contributed by atoms with Gasteiger partial charge in [-0.3, -0.25) is 13.8 Å². The molecule has 0 aromatic rings. The van der Waals surface area contributed by atoms with Crippen molar-refractivity contribution in [2.24, 2.45) is 0 Å². The first-order chi connectivity index (χ1) is 26.0. The number of carbonyl (C=O) groups is 1. The van der Waals surface area contributed by atoms with E-state index in [-0.39, 0.29) is 32.2 Å². The Morgan fingerprint density at radius 1 is 0.685 bits per heavy atom. The molecule has 316 valence electrons. The van der Waals surface area contributed by atoms with E-state index in [0.717, 1.165) is 51.4 Å². The molecule has 2 unspecified atom stereocenters. The normalized spacial score (nSPS) is 14.8. The van der Waals surface area contributed by atoms with Crippen LogP contribution in [0.2, 0.25) is 0 Å². The van der Waals surface area contributed by atoms with Crippen molar-refractivity contribution >= 4 is 13.8 Å². The molecule has 54 heavy (non-hydrogen) atoms. The summed E-state index contributed by atoms with van der Waals surface area (Å²) >= 11 is 0. The summed E-state index contributed by atoms with van der Waals surface area (Å²) in [5.74, 6) is -0.376. The Hall–Kier alpha value is -1.74. The summed E-state index contributed by atoms with van der Waals surface area (Å²) in [4.78, 5) is 22.8. The molecule has 2 N–H and O–H groups in total. The summed E-state index contributed by atoms with van der Waals surface area (Å²) in [6, 6.07) is 0. The highest BCUT2D eigenvalue weighted by molar-refractivity contribution is 7.47. The topological polar surface area (TPSA) is 112 Å². The predicted molar refractivity (Wildman–Crippen MR) is 225 cm³/mol. The number of aliphatic hydroxyl groups excluding tert-OH is 1. The molecular weight excluding hydrogens is 701 g/mol. The molecule has 0 aliphatic carbocycles. The van der Waals surface area contributed by atoms with Crippen molar-refractivity contribution in [2.45, 2.75) is 180 Å². The van der Waals surface area contributed by atoms with Gasteiger partial charge in [-0.05, 0) is 51.0 Å². The predicted octanol–water partition coefficient (Wildman–Crippen LogP) is 11.7. The minimum absolute atomic E-state index is 0.0252. The Kier molecular flexibility index (Phi) is 35.7. The zero-order valence-corrected chi connectivity index (χ0v) is 36.2. The molecule has 0 saturated carbocycles. The molecule has 0 amide bonds. The standard InChI is InChI=1S/C44H82NO8P/c1-6-8-10-11-12-13-14-15-16-17-18-19-23-26-29-33-38-50-40-43(41-52-54(48,49)51-39-37-45(3,4)5)53-44(47)36-32-28-25-22-20-21-24-27-31-35-42(46)34-30-9-7-2/h9,24,27,30-31,33,35,38,42-43,46H,6-8,10-23,25-26,28-29,32,34,36-37,39-41H2,1-5H3/p+1/b27-24+,30-9+,35-31+,38-33+/t42?,43-/m1/s1. The van der Waals surface area contributed by atoms with Crippen LogP contribution in [0.5, 0.6) is 0 Å². The lowest BCUT2D eigenvalue weighted by Crippen LogP contribution is -2.37. The van der Waals surface area contributed by atoms with Gasteiger partial charge in [-0.1, -0.05) is 153 Å². The van der Waals surface area contributed by atoms with E-state index in [0.29, 0.717) is 23.9 Å². The molecule has 10 heteroatoms. The van der Waals surface area contributed by atoms with Crippen LogP contribution in [0.25, 0.3) is 0 Å². The van der Waals surface area contributed by atoms with Crippen LogP contribution in [0, 0.1) is 0 Å². The number of hydrogen-bond donors (Lipinski definition) is 2. The van der Waals surface area contributed by atoms with Crippen LogP contribution in [0.15, 0.2) is 48.8 Å². The van der Waals surface area contributed by atoms with Gasteiger partial charge in [0.1, 0.15) is 19.8 Å². The molecule has 0 bridgehead atoms. The number of hydrogen-bond acceptors (Lipinski definition) is 7. The Morgan fingerprint density at radius 3 is 1.81 bits per heavy atom. The maximum atomic E-state index is 12.7. The third-order valence-corrected chi connectivity index (χ3v) is 10.0. The van der Waals surface area contributed by atoms with Crippen LogP contribution >= 0.6 is 7.82 Å². The number of ether oxygens (including phenoxy) is 2. The van der Waals surface area contributed by atoms with Crippen LogP contribution in [0.1, 0.15) is 168 Å². The molecule has 0 aromatic carbocycles. The lowest BCUT2D eigenvalue weighted by Gasteiger charge is -2.24. The van der Waals surface area contributed by atoms with Gasteiger partial charge in [-0.25, -0.2) is 4.57 Å². The molecule has 0 fully saturated rings. The van der Waals surface area contributed by atoms with E-state index in [1.54, 1.807) is 12.3 Å². The van der Waals surface area contributed by atoms with Crippen molar-refractivity contribution in [3.05, 3.63) is 48.8 Å². The highest BCUT2D eigenvalue weighted by Gasteiger charge is 2.26. The monoisotopic (exact) mass is 785 g/mol. The summed E-state index contributed by atoms with van der Waals surface area (Å²) < 4.78 is 34.7. The van der Waals surface area contributed by atoms with Gasteiger partial charge >= 0.3 is 13.8 Å². The van der Waals surface area contributed by atoms with Gasteiger partial charge in [0, 0.05) is 6.42 Å². The fraction of sp³-hybridized carbons (Fsp3) is 0.795. The van der Waals surface area contributed by atoms with Crippen molar-refractivity contribution in [2.75, 3.05) is 47.5 Å². The van der Waals surface area contributed by atoms with Crippen LogP contribution in [0.3, 0.4) is 0 Å². The first-order valence-electron chi connectivity index (χ1n) is 21.5. The third-order valence-electron chi connectivity index (χ3n) is 9.05. The summed E-state index contributed by atoms with van der Waals surface area (Å²) in [7, 11) is 1.58. The number of unbranched alkanes of at least 4 members (excludes halogenated alkanes) is 19. The minimum atomic E-state index is -4.31. The smallest absolute Gasteiger partial charge is 0.472 e. The van der Waals surface area contributed by atoms with E-state index >= 15 is 0 Å². The minimum Gasteiger partial charge on any atom is -0.498 e. The average molecular weight is 785 g/mol. The number of likely N-dealkylation sites (N-methyl/N-ethyl adjacent to an activating group) is 1. The molecule has 9 nitrogen and oxygen atoms in total. The molecule has 0 saturated heterocycles. The van der Waals surface area contributed by atoms with Gasteiger partial charge in [0.2, 0.25) is 0 Å². The number of aliphatic hydroxyl groups is 1. The fourth-order valence-corrected chi connectivity index (χ4v) is 6.41. The van der Waals surface area contributed by atoms with E-state index < -0.39 is 20.0 Å². The molecule has 0 radical (unpaired) electrons. The van der Waals surface area contributed by atoms with Crippen LogP contribution < -0.4 is 0 Å². The van der Waals surface area contributed by atoms with Crippen molar-refractivity contribution in [3.8, 4) is 0 Å². The molecule has 3 atom stereocenters. The van der Waals surface area contributed by atoms with E-state index in [4.69, 9.17) is 18.5 Å². The first kappa shape index (κ1) is 52.3. The highest BCUT2D eigenvalue weighted by atomic mass is 31.2. The fourth-order valence-electron chi connectivity index (χ4n) is 5.67. The maximum Gasteiger partial charge on any atom is 0.472 e. The molecule has 0 spiro atoms. The summed E-state index contributed by atoms with van der Waals surface area (Å²) in [6.07, 6.45) is 41.4. The van der Waals surface area contributed by atoms with E-state index in [2.05, 4.69) is 26.0 Å². The second-order valence-corrected chi connectivity index (χ2v) is 17.1. The first-order valence-corrected chi connectivity index (χ1v) is 23.0. The van der Waals surface area contributed by atoms with Gasteiger partial charge in [0.25, 0.3) is 0 Å². The molecule has 0 aromatic heterocycles. The summed E-state index contributed by atoms with van der Waals surface area (Å²) in [6.45, 7) is 4.67. The van der Waals surface area contributed by atoms with Crippen molar-refractivity contribution in [1.29, 1.82) is 0 Å². The molecule has 0 heterocycles. The Balaban J connectivity index is 4.37. The second-order valence-electron chi connectivity index (χ2n) is 15.6. The molecule has 0 aliphatic heterocycles. The number of phosphoric ester groups is 1. The van der Waals surface area contributed by atoms with Crippen LogP contribution in [-0.2, 0) is 27.9 Å². The number of esters is 1. The zero-order valence-electron chi connectivity index (χ0n) is 35.3. The van der Waals surface area contributed by atoms with E-state index in [1.807, 2.05) is 45.4 Å². The van der Waals surface area contributed by atoms with E-state index in [9.17, 15) is 19.4 Å². The van der Waals surface area contributed by atoms with Gasteiger partial charge in [0.15, 0.2) is 6.10 Å². The lowest BCUT2D eigenvalue weighted by atomic mass is 10.0. The summed E-state index contributed by atoms with van der Waals surface area (Å²) in [5.41, 5.74) is 0.